The predicted octanol–water partition coefficient (Wildman–Crippen LogP) is 1.28. The minimum absolute atomic E-state index is 0.0820. The Bertz CT molecular complexity index is 545. The second-order valence-electron chi connectivity index (χ2n) is 4.15. The van der Waals surface area contributed by atoms with E-state index >= 15 is 0 Å². The highest BCUT2D eigenvalue weighted by molar-refractivity contribution is 6.30. The predicted molar refractivity (Wildman–Crippen MR) is 71.5 cm³/mol. The van der Waals surface area contributed by atoms with Crippen LogP contribution in [0.15, 0.2) is 18.2 Å². The second kappa shape index (κ2) is 6.97. The monoisotopic (exact) mass is 300 g/mol. The summed E-state index contributed by atoms with van der Waals surface area (Å²) in [5.74, 6) is -1.00. The van der Waals surface area contributed by atoms with Crippen LogP contribution in [0, 0.1) is 10.1 Å². The number of hydrogen-bond acceptors (Lipinski definition) is 6. The quantitative estimate of drug-likeness (QED) is 0.338. The zero-order valence-corrected chi connectivity index (χ0v) is 11.2. The fourth-order valence-corrected chi connectivity index (χ4v) is 1.64. The van der Waals surface area contributed by atoms with E-state index in [9.17, 15) is 24.8 Å². The van der Waals surface area contributed by atoms with Crippen LogP contribution in [0.25, 0.3) is 0 Å². The van der Waals surface area contributed by atoms with E-state index in [1.807, 2.05) is 0 Å². The highest BCUT2D eigenvalue weighted by Crippen LogP contribution is 2.23. The number of nitro groups is 1. The molecule has 0 aliphatic carbocycles. The fourth-order valence-electron chi connectivity index (χ4n) is 1.53. The van der Waals surface area contributed by atoms with Gasteiger partial charge in [0.2, 0.25) is 0 Å². The summed E-state index contributed by atoms with van der Waals surface area (Å²) in [6.07, 6.45) is -0.376. The van der Waals surface area contributed by atoms with Crippen LogP contribution in [-0.4, -0.2) is 27.1 Å². The van der Waals surface area contributed by atoms with E-state index in [1.165, 1.54) is 0 Å². The number of benzene rings is 1. The molecule has 8 heteroatoms. The molecular formula is C12H13ClN2O5. The van der Waals surface area contributed by atoms with Gasteiger partial charge in [-0.05, 0) is 6.07 Å². The molecule has 0 aliphatic heterocycles. The lowest BCUT2D eigenvalue weighted by atomic mass is 10.0. The number of non-ortho nitro benzene ring substituents is 1. The van der Waals surface area contributed by atoms with Crippen molar-refractivity contribution in [1.29, 1.82) is 0 Å². The van der Waals surface area contributed by atoms with Crippen LogP contribution in [0.1, 0.15) is 18.4 Å². The van der Waals surface area contributed by atoms with Crippen molar-refractivity contribution in [2.45, 2.75) is 24.8 Å². The number of carbonyl (C=O) groups excluding carboxylic acids is 2. The van der Waals surface area contributed by atoms with Crippen molar-refractivity contribution < 1.29 is 19.6 Å². The maximum Gasteiger partial charge on any atom is 0.269 e. The number of phenols is 1. The summed E-state index contributed by atoms with van der Waals surface area (Å²) in [7, 11) is 0. The van der Waals surface area contributed by atoms with Gasteiger partial charge in [-0.1, -0.05) is 11.6 Å². The number of aromatic hydroxyl groups is 1. The van der Waals surface area contributed by atoms with E-state index in [-0.39, 0.29) is 42.0 Å². The molecule has 20 heavy (non-hydrogen) atoms. The first-order valence-electron chi connectivity index (χ1n) is 5.71. The molecule has 1 aromatic rings. The largest absolute Gasteiger partial charge is 0.508 e. The van der Waals surface area contributed by atoms with Gasteiger partial charge in [-0.25, -0.2) is 0 Å². The molecule has 0 aromatic heterocycles. The summed E-state index contributed by atoms with van der Waals surface area (Å²) in [5.41, 5.74) is 3.92. The lowest BCUT2D eigenvalue weighted by molar-refractivity contribution is -0.384. The molecule has 1 atom stereocenters. The Balaban J connectivity index is 2.68. The summed E-state index contributed by atoms with van der Waals surface area (Å²) < 4.78 is 0. The number of carbonyl (C=O) groups is 2. The molecule has 0 saturated heterocycles. The van der Waals surface area contributed by atoms with Gasteiger partial charge < -0.3 is 10.8 Å². The molecule has 7 nitrogen and oxygen atoms in total. The van der Waals surface area contributed by atoms with Crippen LogP contribution >= 0.6 is 11.6 Å². The number of rotatable bonds is 7. The van der Waals surface area contributed by atoms with E-state index in [0.29, 0.717) is 0 Å². The molecule has 108 valence electrons. The Hall–Kier alpha value is -1.99. The van der Waals surface area contributed by atoms with Gasteiger partial charge in [-0.15, -0.1) is 0 Å². The molecule has 0 fully saturated rings. The van der Waals surface area contributed by atoms with E-state index in [1.54, 1.807) is 0 Å². The van der Waals surface area contributed by atoms with Crippen molar-refractivity contribution in [2.24, 2.45) is 5.73 Å². The van der Waals surface area contributed by atoms with Gasteiger partial charge in [0.05, 0.1) is 4.92 Å². The van der Waals surface area contributed by atoms with Crippen LogP contribution in [0.2, 0.25) is 0 Å². The SMILES string of the molecule is NC(Cl)C(=O)CCC(=O)Cc1cc([N+](=O)[O-])ccc1O. The van der Waals surface area contributed by atoms with Gasteiger partial charge in [-0.2, -0.15) is 0 Å². The van der Waals surface area contributed by atoms with Crippen molar-refractivity contribution in [1.82, 2.24) is 0 Å². The Labute approximate surface area is 119 Å². The minimum Gasteiger partial charge on any atom is -0.508 e. The van der Waals surface area contributed by atoms with Gasteiger partial charge >= 0.3 is 0 Å². The third-order valence-electron chi connectivity index (χ3n) is 2.62. The van der Waals surface area contributed by atoms with Crippen LogP contribution in [0.5, 0.6) is 5.75 Å². The number of nitrogens with two attached hydrogens (primary N) is 1. The summed E-state index contributed by atoms with van der Waals surface area (Å²) in [4.78, 5) is 32.8. The molecule has 0 heterocycles. The van der Waals surface area contributed by atoms with E-state index in [2.05, 4.69) is 0 Å². The van der Waals surface area contributed by atoms with Crippen molar-refractivity contribution >= 4 is 28.9 Å². The molecule has 1 aromatic carbocycles. The van der Waals surface area contributed by atoms with Gasteiger partial charge in [0.15, 0.2) is 5.78 Å². The Morgan fingerprint density at radius 2 is 2.05 bits per heavy atom. The van der Waals surface area contributed by atoms with Crippen LogP contribution in [-0.2, 0) is 16.0 Å². The maximum absolute atomic E-state index is 11.7. The molecule has 1 rings (SSSR count). The number of hydrogen-bond donors (Lipinski definition) is 2. The number of nitrogens with zero attached hydrogens (tertiary/aromatic N) is 1. The normalized spacial score (nSPS) is 11.9. The Morgan fingerprint density at radius 3 is 2.60 bits per heavy atom. The Kier molecular flexibility index (Phi) is 5.60. The first kappa shape index (κ1) is 16.1. The third-order valence-corrected chi connectivity index (χ3v) is 2.86. The number of halogens is 1. The van der Waals surface area contributed by atoms with Crippen molar-refractivity contribution in [3.8, 4) is 5.75 Å². The molecule has 0 saturated carbocycles. The Morgan fingerprint density at radius 1 is 1.40 bits per heavy atom. The molecular weight excluding hydrogens is 288 g/mol. The van der Waals surface area contributed by atoms with Gasteiger partial charge in [-0.3, -0.25) is 19.7 Å². The highest BCUT2D eigenvalue weighted by Gasteiger charge is 2.16. The number of alkyl halides is 1. The molecule has 0 spiro atoms. The molecule has 0 bridgehead atoms. The maximum atomic E-state index is 11.7. The molecule has 1 unspecified atom stereocenters. The van der Waals surface area contributed by atoms with E-state index in [0.717, 1.165) is 18.2 Å². The van der Waals surface area contributed by atoms with E-state index < -0.39 is 16.2 Å². The minimum atomic E-state index is -1.14. The van der Waals surface area contributed by atoms with Gasteiger partial charge in [0.1, 0.15) is 17.0 Å². The lowest BCUT2D eigenvalue weighted by Gasteiger charge is -2.05. The van der Waals surface area contributed by atoms with Gasteiger partial charge in [0.25, 0.3) is 5.69 Å². The fraction of sp³-hybridized carbons (Fsp3) is 0.333. The molecule has 0 aliphatic rings. The summed E-state index contributed by atoms with van der Waals surface area (Å²) in [6.45, 7) is 0. The first-order chi connectivity index (χ1) is 9.31. The summed E-state index contributed by atoms with van der Waals surface area (Å²) in [5, 5.41) is 20.2. The number of Topliss-reactive ketones (excluding diaryl/α,β-unsaturated/α-hetero) is 2. The standard InChI is InChI=1S/C12H13ClN2O5/c13-12(14)11(18)4-2-9(16)6-7-5-8(15(19)20)1-3-10(7)17/h1,3,5,12,17H,2,4,6,14H2. The summed E-state index contributed by atoms with van der Waals surface area (Å²) >= 11 is 5.35. The van der Waals surface area contributed by atoms with Crippen molar-refractivity contribution in [2.75, 3.05) is 0 Å². The molecule has 0 radical (unpaired) electrons. The summed E-state index contributed by atoms with van der Waals surface area (Å²) in [6, 6.07) is 3.42. The zero-order chi connectivity index (χ0) is 15.3. The van der Waals surface area contributed by atoms with Crippen molar-refractivity contribution in [3.63, 3.8) is 0 Å². The average Bonchev–Trinajstić information content (AvgIpc) is 2.38. The average molecular weight is 301 g/mol. The van der Waals surface area contributed by atoms with Crippen LogP contribution in [0.4, 0.5) is 5.69 Å². The van der Waals surface area contributed by atoms with Crippen molar-refractivity contribution in [3.05, 3.63) is 33.9 Å². The number of ketones is 2. The topological polar surface area (TPSA) is 124 Å². The van der Waals surface area contributed by atoms with Crippen LogP contribution in [0.3, 0.4) is 0 Å². The third kappa shape index (κ3) is 4.60. The number of nitro benzene ring substituents is 1. The lowest BCUT2D eigenvalue weighted by Crippen LogP contribution is -2.24. The van der Waals surface area contributed by atoms with E-state index in [4.69, 9.17) is 17.3 Å². The highest BCUT2D eigenvalue weighted by atomic mass is 35.5. The van der Waals surface area contributed by atoms with Crippen LogP contribution < -0.4 is 5.73 Å². The zero-order valence-electron chi connectivity index (χ0n) is 10.4. The molecule has 0 amide bonds. The first-order valence-corrected chi connectivity index (χ1v) is 6.15. The van der Waals surface area contributed by atoms with Gasteiger partial charge in [0, 0.05) is 37.0 Å². The molecule has 3 N–H and O–H groups in total. The second-order valence-corrected chi connectivity index (χ2v) is 4.62. The number of phenolic OH excluding ortho intramolecular Hbond substituents is 1. The smallest absolute Gasteiger partial charge is 0.269 e.